The van der Waals surface area contributed by atoms with Gasteiger partial charge in [-0.05, 0) is 24.6 Å². The van der Waals surface area contributed by atoms with Crippen molar-refractivity contribution < 1.29 is 14.6 Å². The van der Waals surface area contributed by atoms with Crippen LogP contribution in [0.4, 0.5) is 0 Å². The predicted molar refractivity (Wildman–Crippen MR) is 64.3 cm³/mol. The number of allylic oxidation sites excluding steroid dienone is 1. The van der Waals surface area contributed by atoms with Crippen LogP contribution in [0.2, 0.25) is 10.0 Å². The summed E-state index contributed by atoms with van der Waals surface area (Å²) in [6, 6.07) is 3.15. The molecule has 5 heteroatoms. The molecule has 0 amide bonds. The summed E-state index contributed by atoms with van der Waals surface area (Å²) in [5.41, 5.74) is 1.09. The fourth-order valence-electron chi connectivity index (χ4n) is 1.32. The molecule has 0 radical (unpaired) electrons. The summed E-state index contributed by atoms with van der Waals surface area (Å²) >= 11 is 11.8. The van der Waals surface area contributed by atoms with Gasteiger partial charge in [0, 0.05) is 16.7 Å². The number of carboxylic acids is 1. The van der Waals surface area contributed by atoms with E-state index in [1.165, 1.54) is 7.11 Å². The van der Waals surface area contributed by atoms with Gasteiger partial charge in [0.1, 0.15) is 5.75 Å². The van der Waals surface area contributed by atoms with Gasteiger partial charge in [-0.2, -0.15) is 0 Å². The topological polar surface area (TPSA) is 46.5 Å². The number of carboxylic acid groups (broad SMARTS) is 1. The van der Waals surface area contributed by atoms with Gasteiger partial charge in [0.25, 0.3) is 0 Å². The van der Waals surface area contributed by atoms with Crippen molar-refractivity contribution in [3.8, 4) is 5.75 Å². The van der Waals surface area contributed by atoms with E-state index in [0.29, 0.717) is 26.9 Å². The highest BCUT2D eigenvalue weighted by Gasteiger charge is 2.11. The van der Waals surface area contributed by atoms with Crippen LogP contribution in [0.1, 0.15) is 12.5 Å². The Morgan fingerprint density at radius 2 is 2.06 bits per heavy atom. The van der Waals surface area contributed by atoms with Crippen LogP contribution in [0.3, 0.4) is 0 Å². The Bertz CT molecular complexity index is 453. The average molecular weight is 261 g/mol. The van der Waals surface area contributed by atoms with E-state index in [1.807, 2.05) is 0 Å². The van der Waals surface area contributed by atoms with Gasteiger partial charge in [-0.1, -0.05) is 23.2 Å². The second kappa shape index (κ2) is 5.23. The summed E-state index contributed by atoms with van der Waals surface area (Å²) < 4.78 is 5.11. The van der Waals surface area contributed by atoms with Crippen LogP contribution < -0.4 is 4.74 Å². The molecule has 16 heavy (non-hydrogen) atoms. The number of hydrogen-bond acceptors (Lipinski definition) is 2. The highest BCUT2D eigenvalue weighted by molar-refractivity contribution is 6.36. The summed E-state index contributed by atoms with van der Waals surface area (Å²) in [4.78, 5) is 10.6. The molecule has 0 atom stereocenters. The van der Waals surface area contributed by atoms with Crippen molar-refractivity contribution >= 4 is 34.7 Å². The Morgan fingerprint density at radius 3 is 2.56 bits per heavy atom. The summed E-state index contributed by atoms with van der Waals surface area (Å²) in [7, 11) is 1.46. The monoisotopic (exact) mass is 260 g/mol. The molecule has 0 saturated heterocycles. The van der Waals surface area contributed by atoms with Crippen LogP contribution in [-0.2, 0) is 4.79 Å². The fraction of sp³-hybridized carbons (Fsp3) is 0.182. The van der Waals surface area contributed by atoms with Crippen molar-refractivity contribution in [2.45, 2.75) is 6.92 Å². The van der Waals surface area contributed by atoms with Crippen LogP contribution in [-0.4, -0.2) is 18.2 Å². The van der Waals surface area contributed by atoms with E-state index in [9.17, 15) is 4.79 Å². The van der Waals surface area contributed by atoms with E-state index in [-0.39, 0.29) is 0 Å². The van der Waals surface area contributed by atoms with Crippen molar-refractivity contribution in [2.75, 3.05) is 7.11 Å². The van der Waals surface area contributed by atoms with Crippen LogP contribution >= 0.6 is 23.2 Å². The Kier molecular flexibility index (Phi) is 4.21. The number of aliphatic carboxylic acids is 1. The smallest absolute Gasteiger partial charge is 0.328 e. The first-order valence-electron chi connectivity index (χ1n) is 4.40. The maximum absolute atomic E-state index is 10.6. The number of rotatable bonds is 3. The highest BCUT2D eigenvalue weighted by Crippen LogP contribution is 2.35. The van der Waals surface area contributed by atoms with Crippen LogP contribution in [0, 0.1) is 0 Å². The van der Waals surface area contributed by atoms with Crippen LogP contribution in [0.25, 0.3) is 5.57 Å². The minimum absolute atomic E-state index is 0.350. The third-order valence-corrected chi connectivity index (χ3v) is 2.48. The third-order valence-electron chi connectivity index (χ3n) is 1.98. The molecule has 0 fully saturated rings. The Labute approximate surface area is 103 Å². The number of hydrogen-bond donors (Lipinski definition) is 1. The van der Waals surface area contributed by atoms with E-state index >= 15 is 0 Å². The first-order chi connectivity index (χ1) is 7.45. The van der Waals surface area contributed by atoms with Crippen LogP contribution in [0.15, 0.2) is 18.2 Å². The van der Waals surface area contributed by atoms with Crippen molar-refractivity contribution in [2.24, 2.45) is 0 Å². The van der Waals surface area contributed by atoms with Crippen molar-refractivity contribution in [1.82, 2.24) is 0 Å². The number of carbonyl (C=O) groups is 1. The molecule has 3 nitrogen and oxygen atoms in total. The summed E-state index contributed by atoms with van der Waals surface area (Å²) in [5, 5.41) is 9.44. The van der Waals surface area contributed by atoms with Gasteiger partial charge >= 0.3 is 5.97 Å². The molecule has 1 rings (SSSR count). The molecular formula is C11H10Cl2O3. The molecule has 0 spiro atoms. The van der Waals surface area contributed by atoms with Gasteiger partial charge in [0.15, 0.2) is 0 Å². The lowest BCUT2D eigenvalue weighted by molar-refractivity contribution is -0.131. The number of halogens is 2. The lowest BCUT2D eigenvalue weighted by Crippen LogP contribution is -1.94. The molecule has 0 bridgehead atoms. The van der Waals surface area contributed by atoms with Gasteiger partial charge in [-0.15, -0.1) is 0 Å². The maximum Gasteiger partial charge on any atom is 0.328 e. The van der Waals surface area contributed by atoms with E-state index < -0.39 is 5.97 Å². The first kappa shape index (κ1) is 12.9. The first-order valence-corrected chi connectivity index (χ1v) is 5.16. The SMILES string of the molecule is COc1c(Cl)cc(Cl)cc1/C(C)=C/C(=O)O. The lowest BCUT2D eigenvalue weighted by atomic mass is 10.1. The fourth-order valence-corrected chi connectivity index (χ4v) is 1.89. The number of benzene rings is 1. The lowest BCUT2D eigenvalue weighted by Gasteiger charge is -2.11. The van der Waals surface area contributed by atoms with Gasteiger partial charge < -0.3 is 9.84 Å². The van der Waals surface area contributed by atoms with Crippen molar-refractivity contribution in [3.05, 3.63) is 33.8 Å². The second-order valence-corrected chi connectivity index (χ2v) is 3.98. The van der Waals surface area contributed by atoms with E-state index in [4.69, 9.17) is 33.0 Å². The summed E-state index contributed by atoms with van der Waals surface area (Å²) in [6.07, 6.45) is 1.07. The van der Waals surface area contributed by atoms with Crippen molar-refractivity contribution in [1.29, 1.82) is 0 Å². The Balaban J connectivity index is 3.37. The minimum Gasteiger partial charge on any atom is -0.495 e. The summed E-state index contributed by atoms with van der Waals surface area (Å²) in [5.74, 6) is -0.614. The molecule has 0 aliphatic heterocycles. The molecule has 0 aliphatic carbocycles. The largest absolute Gasteiger partial charge is 0.495 e. The van der Waals surface area contributed by atoms with Crippen LogP contribution in [0.5, 0.6) is 5.75 Å². The second-order valence-electron chi connectivity index (χ2n) is 3.13. The molecule has 0 aliphatic rings. The predicted octanol–water partition coefficient (Wildman–Crippen LogP) is 3.49. The van der Waals surface area contributed by atoms with E-state index in [2.05, 4.69) is 0 Å². The third kappa shape index (κ3) is 2.90. The van der Waals surface area contributed by atoms with Crippen molar-refractivity contribution in [3.63, 3.8) is 0 Å². The molecule has 1 aromatic carbocycles. The molecule has 1 N–H and O–H groups in total. The average Bonchev–Trinajstić information content (AvgIpc) is 2.15. The van der Waals surface area contributed by atoms with Gasteiger partial charge in [0.2, 0.25) is 0 Å². The standard InChI is InChI=1S/C11H10Cl2O3/c1-6(3-10(14)15)8-4-7(12)5-9(13)11(8)16-2/h3-5H,1-2H3,(H,14,15)/b6-3+. The zero-order valence-corrected chi connectivity index (χ0v) is 10.3. The quantitative estimate of drug-likeness (QED) is 0.847. The minimum atomic E-state index is -1.03. The maximum atomic E-state index is 10.6. The molecular weight excluding hydrogens is 251 g/mol. The Morgan fingerprint density at radius 1 is 1.44 bits per heavy atom. The molecule has 1 aromatic rings. The normalized spacial score (nSPS) is 11.4. The van der Waals surface area contributed by atoms with Gasteiger partial charge in [-0.25, -0.2) is 4.79 Å². The molecule has 0 unspecified atom stereocenters. The molecule has 0 saturated carbocycles. The number of methoxy groups -OCH3 is 1. The highest BCUT2D eigenvalue weighted by atomic mass is 35.5. The van der Waals surface area contributed by atoms with Gasteiger partial charge in [0.05, 0.1) is 12.1 Å². The Hall–Kier alpha value is -1.19. The molecule has 86 valence electrons. The van der Waals surface area contributed by atoms with Gasteiger partial charge in [-0.3, -0.25) is 0 Å². The van der Waals surface area contributed by atoms with E-state index in [0.717, 1.165) is 6.08 Å². The zero-order chi connectivity index (χ0) is 12.3. The molecule has 0 heterocycles. The molecule has 0 aromatic heterocycles. The summed E-state index contributed by atoms with van der Waals surface area (Å²) in [6.45, 7) is 1.65. The number of ether oxygens (including phenoxy) is 1. The van der Waals surface area contributed by atoms with E-state index in [1.54, 1.807) is 19.1 Å². The zero-order valence-electron chi connectivity index (χ0n) is 8.75.